The topological polar surface area (TPSA) is 34.1 Å². The fourth-order valence-electron chi connectivity index (χ4n) is 2.01. The number of rotatable bonds is 7. The van der Waals surface area contributed by atoms with E-state index in [4.69, 9.17) is 0 Å². The summed E-state index contributed by atoms with van der Waals surface area (Å²) in [5.41, 5.74) is 0.202. The average molecular weight is 416 g/mol. The highest BCUT2D eigenvalue weighted by Gasteiger charge is 2.32. The first-order valence-electron chi connectivity index (χ1n) is 5.89. The van der Waals surface area contributed by atoms with Crippen LogP contribution in [-0.2, 0) is 15.3 Å². The number of alkyl halides is 2. The average Bonchev–Trinajstić information content (AvgIpc) is 2.35. The van der Waals surface area contributed by atoms with Crippen LogP contribution in [0.3, 0.4) is 0 Å². The van der Waals surface area contributed by atoms with E-state index in [1.807, 2.05) is 0 Å². The quantitative estimate of drug-likeness (QED) is 0.636. The van der Waals surface area contributed by atoms with Crippen molar-refractivity contribution in [2.24, 2.45) is 0 Å². The summed E-state index contributed by atoms with van der Waals surface area (Å²) in [5, 5.41) is 1.16. The highest BCUT2D eigenvalue weighted by Crippen LogP contribution is 2.35. The molecule has 6 heteroatoms. The van der Waals surface area contributed by atoms with Gasteiger partial charge in [0.1, 0.15) is 15.7 Å². The van der Waals surface area contributed by atoms with Crippen LogP contribution in [0.15, 0.2) is 24.3 Å². The standard InChI is InChI=1S/C13H17Br2FO2S/c1-19(17,18)8-4-7-13(9-14,10-15)11-5-2-3-6-12(11)16/h2-3,5-6H,4,7-10H2,1H3. The molecule has 0 aliphatic carbocycles. The molecule has 108 valence electrons. The Balaban J connectivity index is 2.95. The predicted molar refractivity (Wildman–Crippen MR) is 84.6 cm³/mol. The van der Waals surface area contributed by atoms with E-state index in [1.54, 1.807) is 18.2 Å². The first kappa shape index (κ1) is 17.1. The van der Waals surface area contributed by atoms with Crippen molar-refractivity contribution < 1.29 is 12.8 Å². The smallest absolute Gasteiger partial charge is 0.147 e. The van der Waals surface area contributed by atoms with Crippen molar-refractivity contribution in [3.8, 4) is 0 Å². The van der Waals surface area contributed by atoms with Crippen LogP contribution in [-0.4, -0.2) is 31.1 Å². The Morgan fingerprint density at radius 3 is 2.26 bits per heavy atom. The third-order valence-corrected chi connectivity index (χ3v) is 6.30. The van der Waals surface area contributed by atoms with Gasteiger partial charge in [0.2, 0.25) is 0 Å². The molecule has 0 amide bonds. The molecule has 19 heavy (non-hydrogen) atoms. The molecule has 0 radical (unpaired) electrons. The molecule has 0 atom stereocenters. The highest BCUT2D eigenvalue weighted by molar-refractivity contribution is 9.09. The van der Waals surface area contributed by atoms with Crippen molar-refractivity contribution in [2.45, 2.75) is 18.3 Å². The molecule has 1 aromatic carbocycles. The molecule has 0 heterocycles. The van der Waals surface area contributed by atoms with Crippen molar-refractivity contribution in [2.75, 3.05) is 22.7 Å². The van der Waals surface area contributed by atoms with Gasteiger partial charge in [0.25, 0.3) is 0 Å². The molecule has 0 unspecified atom stereocenters. The summed E-state index contributed by atoms with van der Waals surface area (Å²) in [4.78, 5) is 0. The second-order valence-electron chi connectivity index (χ2n) is 4.76. The minimum Gasteiger partial charge on any atom is -0.229 e. The summed E-state index contributed by atoms with van der Waals surface area (Å²) in [6, 6.07) is 6.65. The van der Waals surface area contributed by atoms with Gasteiger partial charge in [-0.2, -0.15) is 0 Å². The van der Waals surface area contributed by atoms with Gasteiger partial charge < -0.3 is 0 Å². The number of halogens is 3. The zero-order valence-electron chi connectivity index (χ0n) is 10.7. The lowest BCUT2D eigenvalue weighted by Gasteiger charge is -2.31. The predicted octanol–water partition coefficient (Wildman–Crippen LogP) is 3.68. The fourth-order valence-corrected chi connectivity index (χ4v) is 4.77. The van der Waals surface area contributed by atoms with E-state index in [9.17, 15) is 12.8 Å². The molecule has 0 bridgehead atoms. The van der Waals surface area contributed by atoms with Crippen LogP contribution in [0.4, 0.5) is 4.39 Å². The van der Waals surface area contributed by atoms with Crippen molar-refractivity contribution in [3.05, 3.63) is 35.6 Å². The Hall–Kier alpha value is 0.0600. The van der Waals surface area contributed by atoms with Gasteiger partial charge >= 0.3 is 0 Å². The van der Waals surface area contributed by atoms with E-state index in [0.717, 1.165) is 0 Å². The van der Waals surface area contributed by atoms with Gasteiger partial charge in [0.05, 0.1) is 0 Å². The normalized spacial score (nSPS) is 12.6. The van der Waals surface area contributed by atoms with Crippen LogP contribution >= 0.6 is 31.9 Å². The Morgan fingerprint density at radius 1 is 1.21 bits per heavy atom. The van der Waals surface area contributed by atoms with Crippen LogP contribution in [0.1, 0.15) is 18.4 Å². The molecular formula is C13H17Br2FO2S. The van der Waals surface area contributed by atoms with Crippen molar-refractivity contribution in [1.29, 1.82) is 0 Å². The monoisotopic (exact) mass is 414 g/mol. The number of hydrogen-bond acceptors (Lipinski definition) is 2. The van der Waals surface area contributed by atoms with E-state index in [-0.39, 0.29) is 11.6 Å². The Kier molecular flexibility index (Phi) is 6.47. The van der Waals surface area contributed by atoms with E-state index in [2.05, 4.69) is 31.9 Å². The lowest BCUT2D eigenvalue weighted by molar-refractivity contribution is 0.464. The van der Waals surface area contributed by atoms with Crippen LogP contribution < -0.4 is 0 Å². The van der Waals surface area contributed by atoms with Crippen LogP contribution in [0.5, 0.6) is 0 Å². The first-order chi connectivity index (χ1) is 8.84. The van der Waals surface area contributed by atoms with Crippen LogP contribution in [0.2, 0.25) is 0 Å². The lowest BCUT2D eigenvalue weighted by Crippen LogP contribution is -2.32. The molecule has 0 saturated heterocycles. The molecule has 0 aliphatic heterocycles. The number of sulfone groups is 1. The van der Waals surface area contributed by atoms with Crippen molar-refractivity contribution >= 4 is 41.7 Å². The van der Waals surface area contributed by atoms with Gasteiger partial charge in [-0.1, -0.05) is 50.1 Å². The zero-order chi connectivity index (χ0) is 14.5. The lowest BCUT2D eigenvalue weighted by atomic mass is 9.80. The van der Waals surface area contributed by atoms with E-state index >= 15 is 0 Å². The Morgan fingerprint density at radius 2 is 1.79 bits per heavy atom. The summed E-state index contributed by atoms with van der Waals surface area (Å²) in [7, 11) is -2.98. The minimum atomic E-state index is -2.98. The van der Waals surface area contributed by atoms with Gasteiger partial charge in [0.15, 0.2) is 0 Å². The summed E-state index contributed by atoms with van der Waals surface area (Å²) in [6.07, 6.45) is 2.35. The fraction of sp³-hybridized carbons (Fsp3) is 0.538. The summed E-state index contributed by atoms with van der Waals surface area (Å²) >= 11 is 6.88. The van der Waals surface area contributed by atoms with E-state index < -0.39 is 15.3 Å². The summed E-state index contributed by atoms with van der Waals surface area (Å²) in [6.45, 7) is 0. The van der Waals surface area contributed by atoms with Crippen LogP contribution in [0, 0.1) is 5.82 Å². The zero-order valence-corrected chi connectivity index (χ0v) is 14.7. The van der Waals surface area contributed by atoms with Gasteiger partial charge in [-0.3, -0.25) is 0 Å². The number of hydrogen-bond donors (Lipinski definition) is 0. The molecule has 0 aliphatic rings. The largest absolute Gasteiger partial charge is 0.229 e. The number of benzene rings is 1. The van der Waals surface area contributed by atoms with Gasteiger partial charge in [0, 0.05) is 28.1 Å². The maximum atomic E-state index is 14.0. The van der Waals surface area contributed by atoms with E-state index in [0.29, 0.717) is 29.1 Å². The summed E-state index contributed by atoms with van der Waals surface area (Å²) < 4.78 is 36.4. The van der Waals surface area contributed by atoms with Gasteiger partial charge in [-0.25, -0.2) is 12.8 Å². The SMILES string of the molecule is CS(=O)(=O)CCCC(CBr)(CBr)c1ccccc1F. The molecule has 1 aromatic rings. The summed E-state index contributed by atoms with van der Waals surface area (Å²) in [5.74, 6) is -0.121. The van der Waals surface area contributed by atoms with Crippen LogP contribution in [0.25, 0.3) is 0 Å². The molecule has 0 spiro atoms. The molecule has 0 N–H and O–H groups in total. The highest BCUT2D eigenvalue weighted by atomic mass is 79.9. The first-order valence-corrected chi connectivity index (χ1v) is 10.2. The molecule has 2 nitrogen and oxygen atoms in total. The third kappa shape index (κ3) is 4.83. The molecule has 1 rings (SSSR count). The van der Waals surface area contributed by atoms with Crippen molar-refractivity contribution in [1.82, 2.24) is 0 Å². The maximum Gasteiger partial charge on any atom is 0.147 e. The van der Waals surface area contributed by atoms with Crippen molar-refractivity contribution in [3.63, 3.8) is 0 Å². The molecule has 0 aromatic heterocycles. The second-order valence-corrected chi connectivity index (χ2v) is 8.14. The minimum absolute atomic E-state index is 0.128. The van der Waals surface area contributed by atoms with E-state index in [1.165, 1.54) is 12.3 Å². The molecular weight excluding hydrogens is 399 g/mol. The maximum absolute atomic E-state index is 14.0. The Labute approximate surface area is 131 Å². The third-order valence-electron chi connectivity index (χ3n) is 3.13. The molecule has 0 fully saturated rings. The second kappa shape index (κ2) is 7.18. The van der Waals surface area contributed by atoms with Gasteiger partial charge in [-0.15, -0.1) is 0 Å². The molecule has 0 saturated carbocycles. The Bertz CT molecular complexity index is 513. The van der Waals surface area contributed by atoms with Gasteiger partial charge in [-0.05, 0) is 24.5 Å².